The number of amides is 2. The Bertz CT molecular complexity index is 541. The standard InChI is InChI=1S/C14H21N5O4/c15-2-1-12(20)19-5-6-23-10-14(22,9-19)8-18-13(21)11-7-16-3-4-17-11/h3-4,7,22H,1-2,5-6,8-10,15H2,(H,18,21)/t14-/m1/s1. The van der Waals surface area contributed by atoms with Crippen molar-refractivity contribution in [1.29, 1.82) is 0 Å². The number of nitrogens with one attached hydrogen (secondary N) is 1. The number of ether oxygens (including phenoxy) is 1. The molecule has 9 nitrogen and oxygen atoms in total. The maximum absolute atomic E-state index is 12.0. The second kappa shape index (κ2) is 7.95. The predicted molar refractivity (Wildman–Crippen MR) is 80.4 cm³/mol. The molecule has 126 valence electrons. The number of rotatable bonds is 5. The molecule has 23 heavy (non-hydrogen) atoms. The van der Waals surface area contributed by atoms with E-state index in [1.54, 1.807) is 0 Å². The third kappa shape index (κ3) is 4.95. The Labute approximate surface area is 133 Å². The molecule has 0 bridgehead atoms. The van der Waals surface area contributed by atoms with Gasteiger partial charge in [-0.3, -0.25) is 14.6 Å². The van der Waals surface area contributed by atoms with Crippen LogP contribution in [0.5, 0.6) is 0 Å². The van der Waals surface area contributed by atoms with Crippen molar-refractivity contribution in [3.8, 4) is 0 Å². The Morgan fingerprint density at radius 3 is 3.00 bits per heavy atom. The van der Waals surface area contributed by atoms with Crippen molar-refractivity contribution in [2.75, 3.05) is 39.4 Å². The predicted octanol–water partition coefficient (Wildman–Crippen LogP) is -1.85. The van der Waals surface area contributed by atoms with Crippen LogP contribution < -0.4 is 11.1 Å². The summed E-state index contributed by atoms with van der Waals surface area (Å²) in [5, 5.41) is 13.2. The Hall–Kier alpha value is -2.10. The van der Waals surface area contributed by atoms with Crippen molar-refractivity contribution in [1.82, 2.24) is 20.2 Å². The number of nitrogens with two attached hydrogens (primary N) is 1. The number of hydrogen-bond acceptors (Lipinski definition) is 7. The molecule has 0 saturated carbocycles. The number of β-amino-alcohol motifs (C(OH)–C–C–N with tert-alkyl or cyclic N) is 1. The summed E-state index contributed by atoms with van der Waals surface area (Å²) in [4.78, 5) is 33.1. The Balaban J connectivity index is 1.96. The van der Waals surface area contributed by atoms with Gasteiger partial charge >= 0.3 is 0 Å². The maximum atomic E-state index is 12.0. The summed E-state index contributed by atoms with van der Waals surface area (Å²) in [6.45, 7) is 1.01. The van der Waals surface area contributed by atoms with Gasteiger partial charge in [0.25, 0.3) is 5.91 Å². The maximum Gasteiger partial charge on any atom is 0.271 e. The number of aliphatic hydroxyl groups is 1. The zero-order valence-electron chi connectivity index (χ0n) is 12.8. The topological polar surface area (TPSA) is 131 Å². The fraction of sp³-hybridized carbons (Fsp3) is 0.571. The van der Waals surface area contributed by atoms with Crippen LogP contribution in [-0.4, -0.2) is 76.8 Å². The first kappa shape index (κ1) is 17.3. The molecule has 2 heterocycles. The molecule has 1 atom stereocenters. The van der Waals surface area contributed by atoms with Crippen molar-refractivity contribution in [2.45, 2.75) is 12.0 Å². The van der Waals surface area contributed by atoms with E-state index >= 15 is 0 Å². The SMILES string of the molecule is NCCC(=O)N1CCOC[C@@](O)(CNC(=O)c2cnccn2)C1. The Kier molecular flexibility index (Phi) is 5.97. The van der Waals surface area contributed by atoms with Crippen LogP contribution in [0.2, 0.25) is 0 Å². The van der Waals surface area contributed by atoms with Gasteiger partial charge in [0.1, 0.15) is 11.3 Å². The van der Waals surface area contributed by atoms with E-state index in [9.17, 15) is 14.7 Å². The van der Waals surface area contributed by atoms with Gasteiger partial charge in [-0.1, -0.05) is 0 Å². The molecular formula is C14H21N5O4. The highest BCUT2D eigenvalue weighted by Crippen LogP contribution is 2.13. The molecule has 0 unspecified atom stereocenters. The second-order valence-electron chi connectivity index (χ2n) is 5.40. The van der Waals surface area contributed by atoms with Crippen molar-refractivity contribution in [2.24, 2.45) is 5.73 Å². The average molecular weight is 323 g/mol. The van der Waals surface area contributed by atoms with E-state index in [1.807, 2.05) is 0 Å². The lowest BCUT2D eigenvalue weighted by atomic mass is 10.0. The van der Waals surface area contributed by atoms with Crippen LogP contribution in [0.3, 0.4) is 0 Å². The van der Waals surface area contributed by atoms with E-state index < -0.39 is 11.5 Å². The highest BCUT2D eigenvalue weighted by molar-refractivity contribution is 5.91. The largest absolute Gasteiger partial charge is 0.384 e. The lowest BCUT2D eigenvalue weighted by Gasteiger charge is -2.30. The molecule has 0 radical (unpaired) electrons. The van der Waals surface area contributed by atoms with Gasteiger partial charge in [0.15, 0.2) is 0 Å². The summed E-state index contributed by atoms with van der Waals surface area (Å²) >= 11 is 0. The molecule has 2 rings (SSSR count). The first-order valence-electron chi connectivity index (χ1n) is 7.36. The van der Waals surface area contributed by atoms with Crippen molar-refractivity contribution in [3.63, 3.8) is 0 Å². The molecule has 1 aromatic rings. The van der Waals surface area contributed by atoms with Gasteiger partial charge in [-0.15, -0.1) is 0 Å². The molecule has 4 N–H and O–H groups in total. The zero-order valence-corrected chi connectivity index (χ0v) is 12.8. The molecule has 0 aromatic carbocycles. The summed E-state index contributed by atoms with van der Waals surface area (Å²) in [7, 11) is 0. The first-order valence-corrected chi connectivity index (χ1v) is 7.36. The van der Waals surface area contributed by atoms with Gasteiger partial charge in [-0.25, -0.2) is 4.98 Å². The van der Waals surface area contributed by atoms with E-state index in [0.29, 0.717) is 13.2 Å². The van der Waals surface area contributed by atoms with Crippen LogP contribution in [0.15, 0.2) is 18.6 Å². The number of carbonyl (C=O) groups is 2. The smallest absolute Gasteiger partial charge is 0.271 e. The summed E-state index contributed by atoms with van der Waals surface area (Å²) in [6, 6.07) is 0. The van der Waals surface area contributed by atoms with Gasteiger partial charge < -0.3 is 25.8 Å². The molecular weight excluding hydrogens is 302 g/mol. The van der Waals surface area contributed by atoms with Crippen LogP contribution >= 0.6 is 0 Å². The molecule has 1 saturated heterocycles. The normalized spacial score (nSPS) is 21.6. The van der Waals surface area contributed by atoms with E-state index in [-0.39, 0.29) is 44.3 Å². The Morgan fingerprint density at radius 1 is 1.48 bits per heavy atom. The number of hydrogen-bond donors (Lipinski definition) is 3. The summed E-state index contributed by atoms with van der Waals surface area (Å²) in [6.07, 6.45) is 4.41. The van der Waals surface area contributed by atoms with Crippen molar-refractivity contribution in [3.05, 3.63) is 24.3 Å². The number of nitrogens with zero attached hydrogens (tertiary/aromatic N) is 3. The van der Waals surface area contributed by atoms with Crippen molar-refractivity contribution >= 4 is 11.8 Å². The van der Waals surface area contributed by atoms with E-state index in [2.05, 4.69) is 15.3 Å². The lowest BCUT2D eigenvalue weighted by molar-refractivity contribution is -0.133. The van der Waals surface area contributed by atoms with Crippen LogP contribution in [0.1, 0.15) is 16.9 Å². The van der Waals surface area contributed by atoms with Crippen molar-refractivity contribution < 1.29 is 19.4 Å². The molecule has 1 aliphatic rings. The van der Waals surface area contributed by atoms with E-state index in [4.69, 9.17) is 10.5 Å². The minimum atomic E-state index is -1.36. The number of aromatic nitrogens is 2. The van der Waals surface area contributed by atoms with Crippen LogP contribution in [0.25, 0.3) is 0 Å². The fourth-order valence-electron chi connectivity index (χ4n) is 2.27. The molecule has 2 amide bonds. The highest BCUT2D eigenvalue weighted by Gasteiger charge is 2.34. The zero-order chi connectivity index (χ0) is 16.7. The molecule has 1 fully saturated rings. The quantitative estimate of drug-likeness (QED) is 0.579. The van der Waals surface area contributed by atoms with E-state index in [0.717, 1.165) is 0 Å². The molecule has 9 heteroatoms. The third-order valence-electron chi connectivity index (χ3n) is 3.45. The highest BCUT2D eigenvalue weighted by atomic mass is 16.5. The molecule has 1 aliphatic heterocycles. The van der Waals surface area contributed by atoms with Gasteiger partial charge in [0, 0.05) is 31.9 Å². The molecule has 1 aromatic heterocycles. The van der Waals surface area contributed by atoms with E-state index in [1.165, 1.54) is 23.5 Å². The third-order valence-corrected chi connectivity index (χ3v) is 3.45. The summed E-state index contributed by atoms with van der Waals surface area (Å²) < 4.78 is 5.35. The number of carbonyl (C=O) groups excluding carboxylic acids is 2. The monoisotopic (exact) mass is 323 g/mol. The van der Waals surface area contributed by atoms with Gasteiger partial charge in [-0.05, 0) is 0 Å². The van der Waals surface area contributed by atoms with Crippen LogP contribution in [0.4, 0.5) is 0 Å². The summed E-state index contributed by atoms with van der Waals surface area (Å²) in [5.41, 5.74) is 4.19. The van der Waals surface area contributed by atoms with Crippen LogP contribution in [-0.2, 0) is 9.53 Å². The first-order chi connectivity index (χ1) is 11.0. The average Bonchev–Trinajstić information content (AvgIpc) is 2.76. The summed E-state index contributed by atoms with van der Waals surface area (Å²) in [5.74, 6) is -0.590. The minimum Gasteiger partial charge on any atom is -0.384 e. The molecule has 0 spiro atoms. The fourth-order valence-corrected chi connectivity index (χ4v) is 2.27. The Morgan fingerprint density at radius 2 is 2.30 bits per heavy atom. The second-order valence-corrected chi connectivity index (χ2v) is 5.40. The minimum absolute atomic E-state index is 0.0279. The lowest BCUT2D eigenvalue weighted by Crippen LogP contribution is -2.53. The van der Waals surface area contributed by atoms with Gasteiger partial charge in [-0.2, -0.15) is 0 Å². The van der Waals surface area contributed by atoms with Gasteiger partial charge in [0.2, 0.25) is 5.91 Å². The van der Waals surface area contributed by atoms with Crippen LogP contribution in [0, 0.1) is 0 Å². The van der Waals surface area contributed by atoms with Gasteiger partial charge in [0.05, 0.1) is 32.5 Å². The molecule has 0 aliphatic carbocycles.